The summed E-state index contributed by atoms with van der Waals surface area (Å²) < 4.78 is 1.64. The second-order valence-corrected chi connectivity index (χ2v) is 6.67. The predicted octanol–water partition coefficient (Wildman–Crippen LogP) is 2.95. The molecule has 1 aliphatic rings. The van der Waals surface area contributed by atoms with E-state index in [9.17, 15) is 9.90 Å². The van der Waals surface area contributed by atoms with Crippen LogP contribution in [0, 0.1) is 11.3 Å². The summed E-state index contributed by atoms with van der Waals surface area (Å²) in [6, 6.07) is 10.6. The van der Waals surface area contributed by atoms with E-state index in [1.807, 2.05) is 12.2 Å². The van der Waals surface area contributed by atoms with Crippen LogP contribution in [0.2, 0.25) is 0 Å². The number of benzene rings is 1. The summed E-state index contributed by atoms with van der Waals surface area (Å²) in [5.74, 6) is 0.558. The van der Waals surface area contributed by atoms with Crippen molar-refractivity contribution in [3.05, 3.63) is 94.0 Å². The molecule has 0 spiro atoms. The molecule has 0 aliphatic heterocycles. The van der Waals surface area contributed by atoms with Crippen LogP contribution in [-0.2, 0) is 6.42 Å². The van der Waals surface area contributed by atoms with Gasteiger partial charge in [0.25, 0.3) is 0 Å². The molecule has 0 saturated heterocycles. The molecule has 0 atom stereocenters. The van der Waals surface area contributed by atoms with Crippen molar-refractivity contribution in [2.75, 3.05) is 0 Å². The molecule has 2 aromatic heterocycles. The van der Waals surface area contributed by atoms with Gasteiger partial charge in [-0.2, -0.15) is 10.4 Å². The van der Waals surface area contributed by atoms with Gasteiger partial charge in [-0.15, -0.1) is 0 Å². The Balaban J connectivity index is 1.60. The van der Waals surface area contributed by atoms with Crippen LogP contribution in [0.3, 0.4) is 0 Å². The number of nitrogens with zero attached hydrogens (tertiary/aromatic N) is 5. The fraction of sp³-hybridized carbons (Fsp3) is 0.136. The maximum absolute atomic E-state index is 12.4. The highest BCUT2D eigenvalue weighted by atomic mass is 16.3. The van der Waals surface area contributed by atoms with Crippen molar-refractivity contribution in [1.29, 1.82) is 5.26 Å². The van der Waals surface area contributed by atoms with Gasteiger partial charge >= 0.3 is 0 Å². The van der Waals surface area contributed by atoms with E-state index in [4.69, 9.17) is 5.26 Å². The number of rotatable bonds is 4. The maximum atomic E-state index is 12.4. The summed E-state index contributed by atoms with van der Waals surface area (Å²) >= 11 is 0. The van der Waals surface area contributed by atoms with Gasteiger partial charge in [-0.1, -0.05) is 17.7 Å². The van der Waals surface area contributed by atoms with Crippen LogP contribution >= 0.6 is 0 Å². The number of hydrogen-bond donors (Lipinski definition) is 1. The smallest absolute Gasteiger partial charge is 0.203 e. The van der Waals surface area contributed by atoms with Crippen molar-refractivity contribution in [1.82, 2.24) is 19.7 Å². The summed E-state index contributed by atoms with van der Waals surface area (Å²) in [6.07, 6.45) is 10.5. The molecule has 1 aromatic carbocycles. The highest BCUT2D eigenvalue weighted by molar-refractivity contribution is 5.71. The summed E-state index contributed by atoms with van der Waals surface area (Å²) in [6.45, 7) is 0. The molecule has 1 aliphatic carbocycles. The standard InChI is InChI=1S/C22H17N5O2/c23-12-15-4-6-18(7-5-15)27-9-8-21(29)20(26-27)11-16-2-1-3-17(10-16)22-24-13-19(28)14-25-22/h3-10,13-14,28H,1-2,11H2. The first-order valence-corrected chi connectivity index (χ1v) is 9.13. The molecule has 0 radical (unpaired) electrons. The predicted molar refractivity (Wildman–Crippen MR) is 107 cm³/mol. The normalized spacial score (nSPS) is 13.3. The van der Waals surface area contributed by atoms with E-state index in [1.54, 1.807) is 35.1 Å². The lowest BCUT2D eigenvalue weighted by atomic mass is 9.95. The zero-order valence-corrected chi connectivity index (χ0v) is 15.5. The average molecular weight is 383 g/mol. The second kappa shape index (κ2) is 7.90. The van der Waals surface area contributed by atoms with Crippen molar-refractivity contribution < 1.29 is 5.11 Å². The molecular formula is C22H17N5O2. The second-order valence-electron chi connectivity index (χ2n) is 6.67. The lowest BCUT2D eigenvalue weighted by Crippen LogP contribution is -2.17. The molecule has 2 heterocycles. The molecule has 1 N–H and O–H groups in total. The first-order chi connectivity index (χ1) is 14.1. The van der Waals surface area contributed by atoms with Crippen LogP contribution in [0.5, 0.6) is 5.75 Å². The zero-order chi connectivity index (χ0) is 20.2. The number of nitriles is 1. The quantitative estimate of drug-likeness (QED) is 0.743. The average Bonchev–Trinajstić information content (AvgIpc) is 2.76. The zero-order valence-electron chi connectivity index (χ0n) is 15.5. The summed E-state index contributed by atoms with van der Waals surface area (Å²) in [7, 11) is 0. The van der Waals surface area contributed by atoms with Gasteiger partial charge in [0.15, 0.2) is 11.6 Å². The third-order valence-electron chi connectivity index (χ3n) is 4.62. The van der Waals surface area contributed by atoms with Gasteiger partial charge in [-0.05, 0) is 37.1 Å². The van der Waals surface area contributed by atoms with Crippen molar-refractivity contribution in [3.8, 4) is 17.5 Å². The molecule has 29 heavy (non-hydrogen) atoms. The van der Waals surface area contributed by atoms with Crippen LogP contribution < -0.4 is 5.43 Å². The van der Waals surface area contributed by atoms with E-state index in [0.29, 0.717) is 23.5 Å². The Hall–Kier alpha value is -4.05. The molecule has 0 fully saturated rings. The Morgan fingerprint density at radius 3 is 2.62 bits per heavy atom. The summed E-state index contributed by atoms with van der Waals surface area (Å²) in [4.78, 5) is 20.7. The first-order valence-electron chi connectivity index (χ1n) is 9.13. The van der Waals surface area contributed by atoms with E-state index in [-0.39, 0.29) is 11.2 Å². The number of hydrogen-bond acceptors (Lipinski definition) is 6. The molecular weight excluding hydrogens is 366 g/mol. The molecule has 0 bridgehead atoms. The highest BCUT2D eigenvalue weighted by Crippen LogP contribution is 2.25. The largest absolute Gasteiger partial charge is 0.505 e. The number of allylic oxidation sites excluding steroid dienone is 4. The fourth-order valence-electron chi connectivity index (χ4n) is 3.15. The molecule has 0 unspecified atom stereocenters. The number of aromatic hydroxyl groups is 1. The van der Waals surface area contributed by atoms with Gasteiger partial charge in [0.2, 0.25) is 5.43 Å². The van der Waals surface area contributed by atoms with Gasteiger partial charge in [0.05, 0.1) is 29.7 Å². The highest BCUT2D eigenvalue weighted by Gasteiger charge is 2.13. The molecule has 0 saturated carbocycles. The third-order valence-corrected chi connectivity index (χ3v) is 4.62. The van der Waals surface area contributed by atoms with Crippen molar-refractivity contribution in [2.24, 2.45) is 0 Å². The van der Waals surface area contributed by atoms with Crippen molar-refractivity contribution in [2.45, 2.75) is 19.3 Å². The maximum Gasteiger partial charge on any atom is 0.203 e. The Morgan fingerprint density at radius 2 is 1.90 bits per heavy atom. The Morgan fingerprint density at radius 1 is 1.14 bits per heavy atom. The summed E-state index contributed by atoms with van der Waals surface area (Å²) in [5.41, 5.74) is 3.62. The number of aromatic nitrogens is 4. The SMILES string of the molecule is N#Cc1ccc(-n2ccc(=O)c(CC3=CC(c4ncc(O)cn4)=CCC3)n2)cc1. The monoisotopic (exact) mass is 383 g/mol. The van der Waals surface area contributed by atoms with Crippen LogP contribution in [0.25, 0.3) is 11.3 Å². The molecule has 3 aromatic rings. The molecule has 142 valence electrons. The Kier molecular flexibility index (Phi) is 4.99. The van der Waals surface area contributed by atoms with E-state index >= 15 is 0 Å². The molecule has 4 rings (SSSR count). The van der Waals surface area contributed by atoms with Gasteiger partial charge in [-0.25, -0.2) is 14.6 Å². The first kappa shape index (κ1) is 18.3. The lowest BCUT2D eigenvalue weighted by Gasteiger charge is -2.14. The van der Waals surface area contributed by atoms with Gasteiger partial charge in [-0.3, -0.25) is 4.79 Å². The topological polar surface area (TPSA) is 105 Å². The van der Waals surface area contributed by atoms with E-state index in [0.717, 1.165) is 29.7 Å². The Labute approximate surface area is 166 Å². The minimum absolute atomic E-state index is 0.0196. The van der Waals surface area contributed by atoms with Gasteiger partial charge in [0, 0.05) is 24.3 Å². The van der Waals surface area contributed by atoms with Crippen molar-refractivity contribution >= 4 is 5.57 Å². The minimum Gasteiger partial charge on any atom is -0.505 e. The van der Waals surface area contributed by atoms with Crippen LogP contribution in [-0.4, -0.2) is 24.9 Å². The molecule has 7 nitrogen and oxygen atoms in total. The van der Waals surface area contributed by atoms with Crippen molar-refractivity contribution in [3.63, 3.8) is 0 Å². The van der Waals surface area contributed by atoms with Gasteiger partial charge < -0.3 is 5.11 Å². The van der Waals surface area contributed by atoms with Crippen LogP contribution in [0.15, 0.2) is 71.4 Å². The van der Waals surface area contributed by atoms with E-state index in [2.05, 4.69) is 21.1 Å². The van der Waals surface area contributed by atoms with E-state index < -0.39 is 0 Å². The van der Waals surface area contributed by atoms with Gasteiger partial charge in [0.1, 0.15) is 5.69 Å². The molecule has 0 amide bonds. The molecule has 7 heteroatoms. The lowest BCUT2D eigenvalue weighted by molar-refractivity contribution is 0.469. The fourth-order valence-corrected chi connectivity index (χ4v) is 3.15. The van der Waals surface area contributed by atoms with Crippen LogP contribution in [0.4, 0.5) is 0 Å². The minimum atomic E-state index is -0.118. The Bertz CT molecular complexity index is 1200. The van der Waals surface area contributed by atoms with E-state index in [1.165, 1.54) is 18.5 Å². The summed E-state index contributed by atoms with van der Waals surface area (Å²) in [5, 5.41) is 22.8. The third kappa shape index (κ3) is 4.12. The van der Waals surface area contributed by atoms with Crippen LogP contribution in [0.1, 0.15) is 29.9 Å².